The fourth-order valence-corrected chi connectivity index (χ4v) is 0.683. The highest BCUT2D eigenvalue weighted by Gasteiger charge is 2.00. The van der Waals surface area contributed by atoms with Crippen LogP contribution in [0.15, 0.2) is 24.4 Å². The molecule has 0 aliphatic heterocycles. The Labute approximate surface area is 70.6 Å². The summed E-state index contributed by atoms with van der Waals surface area (Å²) in [7, 11) is 0. The van der Waals surface area contributed by atoms with Crippen molar-refractivity contribution in [2.75, 3.05) is 6.54 Å². The Hall–Kier alpha value is -1.58. The van der Waals surface area contributed by atoms with Gasteiger partial charge < -0.3 is 10.1 Å². The number of hydrogen-bond donors (Lipinski definition) is 1. The normalized spacial score (nSPS) is 9.08. The van der Waals surface area contributed by atoms with Crippen LogP contribution in [-0.4, -0.2) is 17.6 Å². The van der Waals surface area contributed by atoms with Crippen LogP contribution in [0.1, 0.15) is 6.92 Å². The SMILES string of the molecule is CCNC(=O)Oc1ccccn1. The number of carbonyl (C=O) groups is 1. The van der Waals surface area contributed by atoms with Gasteiger partial charge in [-0.05, 0) is 13.0 Å². The van der Waals surface area contributed by atoms with E-state index in [-0.39, 0.29) is 0 Å². The molecule has 0 atom stereocenters. The van der Waals surface area contributed by atoms with Crippen molar-refractivity contribution in [1.82, 2.24) is 10.3 Å². The van der Waals surface area contributed by atoms with Crippen molar-refractivity contribution in [2.45, 2.75) is 6.92 Å². The summed E-state index contributed by atoms with van der Waals surface area (Å²) in [6.45, 7) is 2.37. The highest BCUT2D eigenvalue weighted by Crippen LogP contribution is 2.02. The largest absolute Gasteiger partial charge is 0.413 e. The first-order valence-corrected chi connectivity index (χ1v) is 3.69. The minimum Gasteiger partial charge on any atom is -0.391 e. The van der Waals surface area contributed by atoms with Crippen molar-refractivity contribution in [3.05, 3.63) is 24.4 Å². The highest BCUT2D eigenvalue weighted by molar-refractivity contribution is 5.69. The zero-order valence-electron chi connectivity index (χ0n) is 6.78. The predicted molar refractivity (Wildman–Crippen MR) is 43.9 cm³/mol. The van der Waals surface area contributed by atoms with E-state index in [2.05, 4.69) is 10.3 Å². The Morgan fingerprint density at radius 3 is 3.08 bits per heavy atom. The molecule has 12 heavy (non-hydrogen) atoms. The van der Waals surface area contributed by atoms with Crippen molar-refractivity contribution in [1.29, 1.82) is 0 Å². The van der Waals surface area contributed by atoms with Gasteiger partial charge in [0, 0.05) is 18.8 Å². The lowest BCUT2D eigenvalue weighted by Gasteiger charge is -2.01. The molecule has 0 aliphatic carbocycles. The van der Waals surface area contributed by atoms with Gasteiger partial charge in [0.1, 0.15) is 0 Å². The van der Waals surface area contributed by atoms with Crippen LogP contribution in [0.3, 0.4) is 0 Å². The third kappa shape index (κ3) is 2.57. The third-order valence-electron chi connectivity index (χ3n) is 1.16. The Bertz CT molecular complexity index is 248. The van der Waals surface area contributed by atoms with Crippen LogP contribution in [0.5, 0.6) is 5.88 Å². The van der Waals surface area contributed by atoms with Crippen LogP contribution in [0.25, 0.3) is 0 Å². The molecule has 1 heterocycles. The molecule has 1 aromatic rings. The maximum atomic E-state index is 10.8. The maximum Gasteiger partial charge on any atom is 0.413 e. The van der Waals surface area contributed by atoms with Gasteiger partial charge in [0.2, 0.25) is 5.88 Å². The van der Waals surface area contributed by atoms with E-state index in [1.54, 1.807) is 24.4 Å². The molecule has 0 aliphatic rings. The molecule has 0 radical (unpaired) electrons. The number of rotatable bonds is 2. The summed E-state index contributed by atoms with van der Waals surface area (Å²) >= 11 is 0. The fourth-order valence-electron chi connectivity index (χ4n) is 0.683. The van der Waals surface area contributed by atoms with Crippen LogP contribution in [0, 0.1) is 0 Å². The van der Waals surface area contributed by atoms with Gasteiger partial charge in [0.05, 0.1) is 0 Å². The van der Waals surface area contributed by atoms with Crippen LogP contribution in [-0.2, 0) is 0 Å². The van der Waals surface area contributed by atoms with Crippen molar-refractivity contribution >= 4 is 6.09 Å². The zero-order chi connectivity index (χ0) is 8.81. The molecular weight excluding hydrogens is 156 g/mol. The van der Waals surface area contributed by atoms with Crippen LogP contribution in [0.4, 0.5) is 4.79 Å². The first-order valence-electron chi connectivity index (χ1n) is 3.69. The Morgan fingerprint density at radius 2 is 2.50 bits per heavy atom. The summed E-state index contributed by atoms with van der Waals surface area (Å²) in [5.41, 5.74) is 0. The van der Waals surface area contributed by atoms with Gasteiger partial charge in [-0.1, -0.05) is 6.07 Å². The third-order valence-corrected chi connectivity index (χ3v) is 1.16. The van der Waals surface area contributed by atoms with Gasteiger partial charge in [-0.3, -0.25) is 0 Å². The molecule has 0 saturated carbocycles. The predicted octanol–water partition coefficient (Wildman–Crippen LogP) is 1.19. The molecule has 4 nitrogen and oxygen atoms in total. The van der Waals surface area contributed by atoms with Gasteiger partial charge in [0.15, 0.2) is 0 Å². The Balaban J connectivity index is 2.47. The second kappa shape index (κ2) is 4.33. The van der Waals surface area contributed by atoms with Crippen LogP contribution < -0.4 is 10.1 Å². The van der Waals surface area contributed by atoms with Crippen LogP contribution in [0.2, 0.25) is 0 Å². The molecule has 64 valence electrons. The van der Waals surface area contributed by atoms with E-state index in [1.165, 1.54) is 0 Å². The molecule has 4 heteroatoms. The Morgan fingerprint density at radius 1 is 1.67 bits per heavy atom. The molecule has 0 unspecified atom stereocenters. The number of carbonyl (C=O) groups excluding carboxylic acids is 1. The molecule has 0 saturated heterocycles. The van der Waals surface area contributed by atoms with E-state index in [1.807, 2.05) is 6.92 Å². The highest BCUT2D eigenvalue weighted by atomic mass is 16.6. The summed E-state index contributed by atoms with van der Waals surface area (Å²) in [6, 6.07) is 5.13. The average molecular weight is 166 g/mol. The minimum absolute atomic E-state index is 0.309. The van der Waals surface area contributed by atoms with Crippen molar-refractivity contribution < 1.29 is 9.53 Å². The van der Waals surface area contributed by atoms with E-state index in [0.717, 1.165) is 0 Å². The number of nitrogens with one attached hydrogen (secondary N) is 1. The Kier molecular flexibility index (Phi) is 3.07. The number of pyridine rings is 1. The maximum absolute atomic E-state index is 10.8. The lowest BCUT2D eigenvalue weighted by atomic mass is 10.5. The summed E-state index contributed by atoms with van der Waals surface area (Å²) in [4.78, 5) is 14.7. The molecular formula is C8H10N2O2. The van der Waals surface area contributed by atoms with Crippen molar-refractivity contribution in [3.63, 3.8) is 0 Å². The standard InChI is InChI=1S/C8H10N2O2/c1-2-9-8(11)12-7-5-3-4-6-10-7/h3-6H,2H2,1H3,(H,9,11). The van der Waals surface area contributed by atoms with Crippen molar-refractivity contribution in [2.24, 2.45) is 0 Å². The molecule has 1 rings (SSSR count). The first kappa shape index (κ1) is 8.52. The number of aromatic nitrogens is 1. The molecule has 0 spiro atoms. The first-order chi connectivity index (χ1) is 5.83. The zero-order valence-corrected chi connectivity index (χ0v) is 6.78. The van der Waals surface area contributed by atoms with E-state index in [0.29, 0.717) is 12.4 Å². The number of hydrogen-bond acceptors (Lipinski definition) is 3. The summed E-state index contributed by atoms with van der Waals surface area (Å²) in [5.74, 6) is 0.309. The number of amides is 1. The quantitative estimate of drug-likeness (QED) is 0.718. The topological polar surface area (TPSA) is 51.2 Å². The van der Waals surface area contributed by atoms with Gasteiger partial charge >= 0.3 is 6.09 Å². The molecule has 1 N–H and O–H groups in total. The van der Waals surface area contributed by atoms with Gasteiger partial charge in [-0.25, -0.2) is 9.78 Å². The lowest BCUT2D eigenvalue weighted by molar-refractivity contribution is 0.199. The van der Waals surface area contributed by atoms with Crippen molar-refractivity contribution in [3.8, 4) is 5.88 Å². The molecule has 1 amide bonds. The van der Waals surface area contributed by atoms with E-state index < -0.39 is 6.09 Å². The fraction of sp³-hybridized carbons (Fsp3) is 0.250. The number of ether oxygens (including phenoxy) is 1. The van der Waals surface area contributed by atoms with Gasteiger partial charge in [-0.2, -0.15) is 0 Å². The average Bonchev–Trinajstić information content (AvgIpc) is 2.06. The van der Waals surface area contributed by atoms with Gasteiger partial charge in [-0.15, -0.1) is 0 Å². The summed E-state index contributed by atoms with van der Waals surface area (Å²) < 4.78 is 4.79. The lowest BCUT2D eigenvalue weighted by Crippen LogP contribution is -2.26. The van der Waals surface area contributed by atoms with E-state index >= 15 is 0 Å². The van der Waals surface area contributed by atoms with Gasteiger partial charge in [0.25, 0.3) is 0 Å². The van der Waals surface area contributed by atoms with E-state index in [4.69, 9.17) is 4.74 Å². The molecule has 0 bridgehead atoms. The second-order valence-electron chi connectivity index (χ2n) is 2.09. The smallest absolute Gasteiger partial charge is 0.391 e. The molecule has 0 aromatic carbocycles. The minimum atomic E-state index is -0.476. The van der Waals surface area contributed by atoms with E-state index in [9.17, 15) is 4.79 Å². The molecule has 0 fully saturated rings. The molecule has 1 aromatic heterocycles. The van der Waals surface area contributed by atoms with Crippen LogP contribution >= 0.6 is 0 Å². The summed E-state index contributed by atoms with van der Waals surface area (Å²) in [5, 5.41) is 2.49. The monoisotopic (exact) mass is 166 g/mol. The number of nitrogens with zero attached hydrogens (tertiary/aromatic N) is 1. The summed E-state index contributed by atoms with van der Waals surface area (Å²) in [6.07, 6.45) is 1.09. The second-order valence-corrected chi connectivity index (χ2v) is 2.09.